The number of benzene rings is 1. The number of ether oxygens (including phenoxy) is 1. The van der Waals surface area contributed by atoms with E-state index in [0.717, 1.165) is 0 Å². The van der Waals surface area contributed by atoms with E-state index in [1.807, 2.05) is 0 Å². The molecule has 0 radical (unpaired) electrons. The molecule has 6 nitrogen and oxygen atoms in total. The molecule has 7 heteroatoms. The van der Waals surface area contributed by atoms with Crippen LogP contribution < -0.4 is 10.1 Å². The normalized spacial score (nSPS) is 16.2. The van der Waals surface area contributed by atoms with E-state index in [1.165, 1.54) is 6.26 Å². The highest BCUT2D eigenvalue weighted by Crippen LogP contribution is 2.24. The van der Waals surface area contributed by atoms with Crippen LogP contribution in [-0.4, -0.2) is 41.9 Å². The van der Waals surface area contributed by atoms with Crippen molar-refractivity contribution in [3.8, 4) is 5.75 Å². The zero-order chi connectivity index (χ0) is 18.5. The molecule has 0 saturated carbocycles. The standard InChI is InChI=1S/C19H21ClN2O4/c1-13(26-16-6-3-2-5-15(16)20)18(23)21-14-8-10-22(11-9-14)19(24)17-7-4-12-25-17/h2-7,12-14H,8-11H2,1H3,(H,21,23). The summed E-state index contributed by atoms with van der Waals surface area (Å²) in [5, 5.41) is 3.45. The third-order valence-electron chi connectivity index (χ3n) is 4.37. The van der Waals surface area contributed by atoms with Crippen LogP contribution in [0.2, 0.25) is 5.02 Å². The van der Waals surface area contributed by atoms with Gasteiger partial charge in [0, 0.05) is 19.1 Å². The third-order valence-corrected chi connectivity index (χ3v) is 4.68. The van der Waals surface area contributed by atoms with Crippen molar-refractivity contribution in [2.24, 2.45) is 0 Å². The first-order valence-corrected chi connectivity index (χ1v) is 8.96. The molecule has 2 aromatic rings. The van der Waals surface area contributed by atoms with Crippen LogP contribution >= 0.6 is 11.6 Å². The van der Waals surface area contributed by atoms with Gasteiger partial charge in [-0.3, -0.25) is 9.59 Å². The lowest BCUT2D eigenvalue weighted by Crippen LogP contribution is -2.49. The summed E-state index contributed by atoms with van der Waals surface area (Å²) in [5.74, 6) is 0.515. The molecule has 0 aliphatic carbocycles. The van der Waals surface area contributed by atoms with Crippen molar-refractivity contribution in [1.29, 1.82) is 0 Å². The van der Waals surface area contributed by atoms with E-state index in [9.17, 15) is 9.59 Å². The maximum atomic E-state index is 12.4. The van der Waals surface area contributed by atoms with E-state index in [-0.39, 0.29) is 17.9 Å². The maximum absolute atomic E-state index is 12.4. The topological polar surface area (TPSA) is 71.8 Å². The molecule has 138 valence electrons. The van der Waals surface area contributed by atoms with E-state index in [1.54, 1.807) is 48.2 Å². The lowest BCUT2D eigenvalue weighted by Gasteiger charge is -2.32. The van der Waals surface area contributed by atoms with Crippen molar-refractivity contribution in [1.82, 2.24) is 10.2 Å². The first-order chi connectivity index (χ1) is 12.5. The molecule has 3 rings (SSSR count). The Hall–Kier alpha value is -2.47. The van der Waals surface area contributed by atoms with Crippen molar-refractivity contribution in [3.05, 3.63) is 53.4 Å². The van der Waals surface area contributed by atoms with Crippen LogP contribution in [0.4, 0.5) is 0 Å². The summed E-state index contributed by atoms with van der Waals surface area (Å²) in [7, 11) is 0. The molecule has 2 heterocycles. The smallest absolute Gasteiger partial charge is 0.289 e. The van der Waals surface area contributed by atoms with Gasteiger partial charge in [0.15, 0.2) is 11.9 Å². The average Bonchev–Trinajstić information content (AvgIpc) is 3.18. The number of carbonyl (C=O) groups is 2. The number of rotatable bonds is 5. The van der Waals surface area contributed by atoms with Crippen molar-refractivity contribution < 1.29 is 18.7 Å². The number of piperidine rings is 1. The predicted octanol–water partition coefficient (Wildman–Crippen LogP) is 3.12. The van der Waals surface area contributed by atoms with E-state index < -0.39 is 6.10 Å². The molecule has 1 fully saturated rings. The molecule has 0 bridgehead atoms. The Morgan fingerprint density at radius 3 is 2.62 bits per heavy atom. The molecular formula is C19H21ClN2O4. The van der Waals surface area contributed by atoms with Crippen LogP contribution in [0.15, 0.2) is 47.1 Å². The number of hydrogen-bond donors (Lipinski definition) is 1. The molecule has 1 aromatic heterocycles. The first-order valence-electron chi connectivity index (χ1n) is 8.59. The highest BCUT2D eigenvalue weighted by molar-refractivity contribution is 6.32. The van der Waals surface area contributed by atoms with E-state index in [2.05, 4.69) is 5.32 Å². The number of likely N-dealkylation sites (tertiary alicyclic amines) is 1. The number of halogens is 1. The molecule has 1 saturated heterocycles. The molecular weight excluding hydrogens is 356 g/mol. The second-order valence-corrected chi connectivity index (χ2v) is 6.65. The van der Waals surface area contributed by atoms with Gasteiger partial charge in [-0.25, -0.2) is 0 Å². The Kier molecular flexibility index (Phi) is 5.83. The largest absolute Gasteiger partial charge is 0.479 e. The number of hydrogen-bond acceptors (Lipinski definition) is 4. The van der Waals surface area contributed by atoms with Crippen molar-refractivity contribution >= 4 is 23.4 Å². The fraction of sp³-hybridized carbons (Fsp3) is 0.368. The van der Waals surface area contributed by atoms with Gasteiger partial charge < -0.3 is 19.4 Å². The second-order valence-electron chi connectivity index (χ2n) is 6.24. The van der Waals surface area contributed by atoms with E-state index in [0.29, 0.717) is 42.5 Å². The highest BCUT2D eigenvalue weighted by Gasteiger charge is 2.27. The lowest BCUT2D eigenvalue weighted by molar-refractivity contribution is -0.128. The zero-order valence-electron chi connectivity index (χ0n) is 14.5. The van der Waals surface area contributed by atoms with Crippen molar-refractivity contribution in [2.75, 3.05) is 13.1 Å². The monoisotopic (exact) mass is 376 g/mol. The number of nitrogens with one attached hydrogen (secondary N) is 1. The lowest BCUT2D eigenvalue weighted by atomic mass is 10.0. The maximum Gasteiger partial charge on any atom is 0.289 e. The molecule has 1 unspecified atom stereocenters. The minimum Gasteiger partial charge on any atom is -0.479 e. The third kappa shape index (κ3) is 4.38. The summed E-state index contributed by atoms with van der Waals surface area (Å²) in [5.41, 5.74) is 0. The predicted molar refractivity (Wildman–Crippen MR) is 97.3 cm³/mol. The molecule has 1 N–H and O–H groups in total. The van der Waals surface area contributed by atoms with Gasteiger partial charge >= 0.3 is 0 Å². The molecule has 1 aliphatic heterocycles. The fourth-order valence-corrected chi connectivity index (χ4v) is 3.07. The van der Waals surface area contributed by atoms with Gasteiger partial charge in [-0.1, -0.05) is 23.7 Å². The number of furan rings is 1. The van der Waals surface area contributed by atoms with Gasteiger partial charge in [0.2, 0.25) is 0 Å². The summed E-state index contributed by atoms with van der Waals surface area (Å²) in [4.78, 5) is 26.3. The molecule has 1 aliphatic rings. The van der Waals surface area contributed by atoms with E-state index in [4.69, 9.17) is 20.8 Å². The van der Waals surface area contributed by atoms with Gasteiger partial charge in [0.1, 0.15) is 5.75 Å². The summed E-state index contributed by atoms with van der Waals surface area (Å²) in [6, 6.07) is 10.4. The van der Waals surface area contributed by atoms with Gasteiger partial charge in [-0.2, -0.15) is 0 Å². The average molecular weight is 377 g/mol. The Bertz CT molecular complexity index is 755. The second kappa shape index (κ2) is 8.27. The van der Waals surface area contributed by atoms with Crippen molar-refractivity contribution in [2.45, 2.75) is 31.9 Å². The number of nitrogens with zero attached hydrogens (tertiary/aromatic N) is 1. The fourth-order valence-electron chi connectivity index (χ4n) is 2.89. The van der Waals surface area contributed by atoms with Crippen molar-refractivity contribution in [3.63, 3.8) is 0 Å². The summed E-state index contributed by atoms with van der Waals surface area (Å²) >= 11 is 6.05. The molecule has 1 aromatic carbocycles. The van der Waals surface area contributed by atoms with Gasteiger partial charge in [-0.05, 0) is 44.0 Å². The van der Waals surface area contributed by atoms with Gasteiger partial charge in [0.25, 0.3) is 11.8 Å². The first kappa shape index (κ1) is 18.3. The summed E-state index contributed by atoms with van der Waals surface area (Å²) in [6.45, 7) is 2.84. The molecule has 26 heavy (non-hydrogen) atoms. The SMILES string of the molecule is CC(Oc1ccccc1Cl)C(=O)NC1CCN(C(=O)c2ccco2)CC1. The highest BCUT2D eigenvalue weighted by atomic mass is 35.5. The minimum absolute atomic E-state index is 0.0143. The van der Waals surface area contributed by atoms with Gasteiger partial charge in [0.05, 0.1) is 11.3 Å². The van der Waals surface area contributed by atoms with Crippen LogP contribution in [0.3, 0.4) is 0 Å². The van der Waals surface area contributed by atoms with Gasteiger partial charge in [-0.15, -0.1) is 0 Å². The number of para-hydroxylation sites is 1. The molecule has 0 spiro atoms. The Morgan fingerprint density at radius 2 is 1.96 bits per heavy atom. The summed E-state index contributed by atoms with van der Waals surface area (Å²) in [6.07, 6.45) is 2.21. The minimum atomic E-state index is -0.655. The van der Waals surface area contributed by atoms with Crippen LogP contribution in [0, 0.1) is 0 Å². The Morgan fingerprint density at radius 1 is 1.23 bits per heavy atom. The number of carbonyl (C=O) groups excluding carboxylic acids is 2. The Balaban J connectivity index is 1.47. The van der Waals surface area contributed by atoms with Crippen LogP contribution in [0.25, 0.3) is 0 Å². The Labute approximate surface area is 157 Å². The zero-order valence-corrected chi connectivity index (χ0v) is 15.2. The summed E-state index contributed by atoms with van der Waals surface area (Å²) < 4.78 is 10.8. The quantitative estimate of drug-likeness (QED) is 0.870. The van der Waals surface area contributed by atoms with Crippen LogP contribution in [0.1, 0.15) is 30.3 Å². The molecule has 1 atom stereocenters. The molecule has 2 amide bonds. The van der Waals surface area contributed by atoms with E-state index >= 15 is 0 Å². The van der Waals surface area contributed by atoms with Crippen LogP contribution in [-0.2, 0) is 4.79 Å². The number of amides is 2. The van der Waals surface area contributed by atoms with Crippen LogP contribution in [0.5, 0.6) is 5.75 Å².